The lowest BCUT2D eigenvalue weighted by molar-refractivity contribution is 0.0927. The highest BCUT2D eigenvalue weighted by Crippen LogP contribution is 2.33. The zero-order valence-corrected chi connectivity index (χ0v) is 33.4. The number of aromatic nitrogens is 2. The van der Waals surface area contributed by atoms with Crippen molar-refractivity contribution in [3.8, 4) is 0 Å². The van der Waals surface area contributed by atoms with Gasteiger partial charge in [0.2, 0.25) is 0 Å². The number of piperazine rings is 1. The Morgan fingerprint density at radius 1 is 0.944 bits per heavy atom. The molecule has 0 unspecified atom stereocenters. The van der Waals surface area contributed by atoms with Crippen LogP contribution in [0, 0.1) is 18.8 Å². The van der Waals surface area contributed by atoms with Crippen LogP contribution in [0.5, 0.6) is 0 Å². The second-order valence-electron chi connectivity index (χ2n) is 15.6. The van der Waals surface area contributed by atoms with Crippen LogP contribution < -0.4 is 4.90 Å². The fourth-order valence-corrected chi connectivity index (χ4v) is 8.19. The summed E-state index contributed by atoms with van der Waals surface area (Å²) in [5.74, 6) is 0.247. The Morgan fingerprint density at radius 2 is 1.67 bits per heavy atom. The summed E-state index contributed by atoms with van der Waals surface area (Å²) < 4.78 is 18.6. The van der Waals surface area contributed by atoms with Crippen LogP contribution in [0.15, 0.2) is 78.4 Å². The van der Waals surface area contributed by atoms with Gasteiger partial charge < -0.3 is 14.4 Å². The third-order valence-corrected chi connectivity index (χ3v) is 11.5. The fourth-order valence-electron chi connectivity index (χ4n) is 8.19. The molecule has 2 aromatic heterocycles. The van der Waals surface area contributed by atoms with Gasteiger partial charge in [-0.05, 0) is 106 Å². The fraction of sp³-hybridized carbons (Fsp3) is 0.457. The van der Waals surface area contributed by atoms with Crippen molar-refractivity contribution >= 4 is 44.6 Å². The molecule has 2 saturated heterocycles. The minimum Gasteiger partial charge on any atom is -0.369 e. The maximum absolute atomic E-state index is 16.4. The third-order valence-electron chi connectivity index (χ3n) is 11.5. The van der Waals surface area contributed by atoms with E-state index >= 15 is 4.39 Å². The minimum absolute atomic E-state index is 0.0178. The largest absolute Gasteiger partial charge is 0.369 e. The average Bonchev–Trinajstić information content (AvgIpc) is 3.45. The van der Waals surface area contributed by atoms with Gasteiger partial charge in [-0.25, -0.2) is 4.39 Å². The number of hydrogen-bond acceptors (Lipinski definition) is 6. The molecular weight excluding hydrogens is 674 g/mol. The number of benzene rings is 2. The molecule has 4 aromatic rings. The van der Waals surface area contributed by atoms with E-state index in [0.29, 0.717) is 17.0 Å². The number of aryl methyl sites for hydroxylation is 2. The summed E-state index contributed by atoms with van der Waals surface area (Å²) in [5, 5.41) is 2.29. The number of fused-ring (bicyclic) bond motifs is 3. The lowest BCUT2D eigenvalue weighted by Crippen LogP contribution is -2.47. The van der Waals surface area contributed by atoms with Gasteiger partial charge >= 0.3 is 0 Å². The number of ketones is 2. The van der Waals surface area contributed by atoms with Gasteiger partial charge in [0.25, 0.3) is 0 Å². The number of likely N-dealkylation sites (tertiary alicyclic amines) is 1. The number of carbonyl (C=O) groups excluding carboxylic acids is 2. The van der Waals surface area contributed by atoms with Gasteiger partial charge in [0, 0.05) is 97.2 Å². The van der Waals surface area contributed by atoms with E-state index in [1.807, 2.05) is 58.2 Å². The number of unbranched alkanes of at least 4 members (excludes halogenated alkanes) is 1. The van der Waals surface area contributed by atoms with Gasteiger partial charge in [-0.15, -0.1) is 0 Å². The van der Waals surface area contributed by atoms with Crippen molar-refractivity contribution in [3.05, 3.63) is 101 Å². The highest BCUT2D eigenvalue weighted by molar-refractivity contribution is 6.10. The first-order valence-corrected chi connectivity index (χ1v) is 20.0. The summed E-state index contributed by atoms with van der Waals surface area (Å²) in [7, 11) is 2.09. The molecule has 7 nitrogen and oxygen atoms in total. The lowest BCUT2D eigenvalue weighted by Gasteiger charge is -2.38. The van der Waals surface area contributed by atoms with E-state index in [0.717, 1.165) is 128 Å². The van der Waals surface area contributed by atoms with Crippen LogP contribution in [0.25, 0.3) is 27.4 Å². The second kappa shape index (κ2) is 17.3. The molecule has 6 rings (SSSR count). The Kier molecular flexibility index (Phi) is 12.5. The summed E-state index contributed by atoms with van der Waals surface area (Å²) in [6.07, 6.45) is 12.9. The van der Waals surface area contributed by atoms with E-state index in [1.54, 1.807) is 6.08 Å². The molecular formula is C46H58FN5O2. The molecule has 286 valence electrons. The molecule has 0 atom stereocenters. The maximum atomic E-state index is 16.4. The monoisotopic (exact) mass is 731 g/mol. The third kappa shape index (κ3) is 8.54. The van der Waals surface area contributed by atoms with Crippen molar-refractivity contribution in [3.63, 3.8) is 0 Å². The van der Waals surface area contributed by atoms with Gasteiger partial charge in [0.05, 0.1) is 11.2 Å². The molecule has 0 saturated carbocycles. The van der Waals surface area contributed by atoms with Crippen molar-refractivity contribution in [1.82, 2.24) is 19.4 Å². The number of carbonyl (C=O) groups is 2. The number of pyridine rings is 1. The molecule has 2 aliphatic rings. The number of hydrogen-bond donors (Lipinski definition) is 0. The molecule has 8 heteroatoms. The van der Waals surface area contributed by atoms with E-state index in [1.165, 1.54) is 6.92 Å². The average molecular weight is 732 g/mol. The Balaban J connectivity index is 1.05. The zero-order chi connectivity index (χ0) is 38.5. The predicted octanol–water partition coefficient (Wildman–Crippen LogP) is 9.94. The van der Waals surface area contributed by atoms with Gasteiger partial charge in [-0.2, -0.15) is 0 Å². The molecule has 0 amide bonds. The van der Waals surface area contributed by atoms with Crippen LogP contribution in [-0.4, -0.2) is 76.7 Å². The van der Waals surface area contributed by atoms with Gasteiger partial charge in [0.1, 0.15) is 5.83 Å². The number of rotatable bonds is 13. The number of piperidine rings is 1. The molecule has 2 aliphatic heterocycles. The van der Waals surface area contributed by atoms with Crippen LogP contribution in [0.1, 0.15) is 98.7 Å². The molecule has 2 fully saturated rings. The molecule has 4 heterocycles. The normalized spacial score (nSPS) is 17.0. The van der Waals surface area contributed by atoms with Crippen LogP contribution in [0.2, 0.25) is 0 Å². The van der Waals surface area contributed by atoms with E-state index < -0.39 is 0 Å². The number of allylic oxidation sites excluding steroid dienone is 5. The summed E-state index contributed by atoms with van der Waals surface area (Å²) in [4.78, 5) is 36.8. The summed E-state index contributed by atoms with van der Waals surface area (Å²) in [6.45, 7) is 18.0. The first kappa shape index (κ1) is 39.1. The SMILES string of the molecule is C\C=C(/C=C(F)\C(=C\CCC)N1CCC(CCN2CCN(c3ccc(C(C)=O)c(C(=O)C(C)C)c3)CC2)CC1)c1ccc2c3cnc(C)cc3n(C)c2c1. The topological polar surface area (TPSA) is 61.7 Å². The first-order chi connectivity index (χ1) is 26.0. The Bertz CT molecular complexity index is 2090. The smallest absolute Gasteiger partial charge is 0.166 e. The second-order valence-corrected chi connectivity index (χ2v) is 15.6. The maximum Gasteiger partial charge on any atom is 0.166 e. The van der Waals surface area contributed by atoms with Crippen LogP contribution >= 0.6 is 0 Å². The summed E-state index contributed by atoms with van der Waals surface area (Å²) in [6, 6.07) is 14.3. The van der Waals surface area contributed by atoms with E-state index in [4.69, 9.17) is 0 Å². The number of anilines is 1. The van der Waals surface area contributed by atoms with Crippen molar-refractivity contribution in [2.75, 3.05) is 50.7 Å². The van der Waals surface area contributed by atoms with Crippen molar-refractivity contribution in [2.24, 2.45) is 18.9 Å². The highest BCUT2D eigenvalue weighted by atomic mass is 19.1. The standard InChI is InChI=1S/C46H58FN5O2/c1-8-10-11-43(42(47)27-35(9-2)36-12-14-39-41-30-48-32(5)26-44(41)49(7)45(39)28-36)52-20-17-34(18-21-52)16-19-50-22-24-51(25-23-50)37-13-15-38(33(6)53)40(29-37)46(54)31(3)4/h9,11-15,26-31,34H,8,10,16-25H2,1-7H3/b35-9+,42-27+,43-11-. The molecule has 0 spiro atoms. The van der Waals surface area contributed by atoms with Gasteiger partial charge in [-0.3, -0.25) is 19.5 Å². The summed E-state index contributed by atoms with van der Waals surface area (Å²) in [5.41, 5.74) is 7.94. The predicted molar refractivity (Wildman–Crippen MR) is 222 cm³/mol. The quantitative estimate of drug-likeness (QED) is 0.101. The molecule has 0 radical (unpaired) electrons. The lowest BCUT2D eigenvalue weighted by atomic mass is 9.92. The van der Waals surface area contributed by atoms with Crippen molar-refractivity contribution in [2.45, 2.75) is 73.6 Å². The summed E-state index contributed by atoms with van der Waals surface area (Å²) >= 11 is 0. The minimum atomic E-state index is -0.165. The van der Waals surface area contributed by atoms with Crippen LogP contribution in [0.4, 0.5) is 10.1 Å². The zero-order valence-electron chi connectivity index (χ0n) is 33.4. The highest BCUT2D eigenvalue weighted by Gasteiger charge is 2.26. The molecule has 0 bridgehead atoms. The molecule has 0 N–H and O–H groups in total. The van der Waals surface area contributed by atoms with Crippen LogP contribution in [0.3, 0.4) is 0 Å². The Hall–Kier alpha value is -4.56. The molecule has 0 aliphatic carbocycles. The van der Waals surface area contributed by atoms with Crippen LogP contribution in [-0.2, 0) is 7.05 Å². The molecule has 2 aromatic carbocycles. The Morgan fingerprint density at radius 3 is 2.33 bits per heavy atom. The van der Waals surface area contributed by atoms with E-state index in [9.17, 15) is 9.59 Å². The number of halogens is 1. The first-order valence-electron chi connectivity index (χ1n) is 20.0. The van der Waals surface area contributed by atoms with Gasteiger partial charge in [0.15, 0.2) is 11.6 Å². The van der Waals surface area contributed by atoms with E-state index in [2.05, 4.69) is 68.6 Å². The van der Waals surface area contributed by atoms with Crippen molar-refractivity contribution in [1.29, 1.82) is 0 Å². The number of Topliss-reactive ketones (excluding diaryl/α,β-unsaturated/α-hetero) is 2. The molecule has 54 heavy (non-hydrogen) atoms. The van der Waals surface area contributed by atoms with E-state index in [-0.39, 0.29) is 23.3 Å². The number of nitrogens with zero attached hydrogens (tertiary/aromatic N) is 5. The van der Waals surface area contributed by atoms with Crippen molar-refractivity contribution < 1.29 is 14.0 Å². The van der Waals surface area contributed by atoms with Gasteiger partial charge in [-0.1, -0.05) is 51.5 Å². The Labute approximate surface area is 321 Å².